The number of rotatable bonds is 5. The molecule has 2 unspecified atom stereocenters. The molecule has 0 aliphatic heterocycles. The summed E-state index contributed by atoms with van der Waals surface area (Å²) in [6, 6.07) is 10.8. The van der Waals surface area contributed by atoms with Crippen molar-refractivity contribution in [1.82, 2.24) is 20.1 Å². The number of aromatic nitrogens is 3. The average Bonchev–Trinajstić information content (AvgIpc) is 2.94. The number of benzene rings is 1. The van der Waals surface area contributed by atoms with Crippen molar-refractivity contribution < 1.29 is 14.7 Å². The van der Waals surface area contributed by atoms with E-state index in [1.54, 1.807) is 31.6 Å². The summed E-state index contributed by atoms with van der Waals surface area (Å²) in [6.07, 6.45) is 0. The van der Waals surface area contributed by atoms with Crippen molar-refractivity contribution in [2.24, 2.45) is 13.0 Å². The minimum Gasteiger partial charge on any atom is -0.481 e. The Morgan fingerprint density at radius 2 is 1.85 bits per heavy atom. The summed E-state index contributed by atoms with van der Waals surface area (Å²) in [5.74, 6) is -1.99. The fourth-order valence-electron chi connectivity index (χ4n) is 3.00. The van der Waals surface area contributed by atoms with Gasteiger partial charge in [-0.15, -0.1) is 0 Å². The molecule has 0 radical (unpaired) electrons. The monoisotopic (exact) mass is 366 g/mol. The van der Waals surface area contributed by atoms with Crippen LogP contribution in [0.1, 0.15) is 29.9 Å². The minimum atomic E-state index is -0.954. The summed E-state index contributed by atoms with van der Waals surface area (Å²) in [7, 11) is 1.79. The maximum atomic E-state index is 13.0. The van der Waals surface area contributed by atoms with Gasteiger partial charge in [0.1, 0.15) is 0 Å². The summed E-state index contributed by atoms with van der Waals surface area (Å²) in [6.45, 7) is 5.08. The van der Waals surface area contributed by atoms with Crippen molar-refractivity contribution in [1.29, 1.82) is 0 Å². The number of nitrogens with one attached hydrogen (secondary N) is 1. The Hall–Kier alpha value is -3.22. The van der Waals surface area contributed by atoms with Crippen molar-refractivity contribution in [2.75, 3.05) is 0 Å². The van der Waals surface area contributed by atoms with E-state index in [0.29, 0.717) is 28.0 Å². The third-order valence-corrected chi connectivity index (χ3v) is 4.78. The summed E-state index contributed by atoms with van der Waals surface area (Å²) in [5.41, 5.74) is 3.30. The molecule has 3 aromatic rings. The fourth-order valence-corrected chi connectivity index (χ4v) is 3.00. The molecule has 140 valence electrons. The maximum Gasteiger partial charge on any atom is 0.308 e. The summed E-state index contributed by atoms with van der Waals surface area (Å²) in [5, 5.41) is 17.0. The van der Waals surface area contributed by atoms with E-state index in [0.717, 1.165) is 5.56 Å². The number of carbonyl (C=O) groups excluding carboxylic acids is 1. The Morgan fingerprint density at radius 3 is 2.48 bits per heavy atom. The van der Waals surface area contributed by atoms with Crippen LogP contribution in [0.15, 0.2) is 36.4 Å². The van der Waals surface area contributed by atoms with Crippen molar-refractivity contribution in [3.8, 4) is 11.3 Å². The molecular formula is C20H22N4O3. The molecule has 0 saturated carbocycles. The van der Waals surface area contributed by atoms with E-state index in [2.05, 4.69) is 15.4 Å². The molecule has 1 aromatic carbocycles. The molecular weight excluding hydrogens is 344 g/mol. The normalized spacial score (nSPS) is 13.3. The number of carbonyl (C=O) groups is 2. The topological polar surface area (TPSA) is 97.1 Å². The van der Waals surface area contributed by atoms with Crippen molar-refractivity contribution in [3.63, 3.8) is 0 Å². The lowest BCUT2D eigenvalue weighted by atomic mass is 10.0. The van der Waals surface area contributed by atoms with E-state index in [1.165, 1.54) is 0 Å². The van der Waals surface area contributed by atoms with E-state index < -0.39 is 17.9 Å². The zero-order valence-corrected chi connectivity index (χ0v) is 15.7. The van der Waals surface area contributed by atoms with E-state index in [1.807, 2.05) is 37.3 Å². The Bertz CT molecular complexity index is 1010. The first-order chi connectivity index (χ1) is 12.8. The third kappa shape index (κ3) is 3.53. The standard InChI is InChI=1S/C20H22N4O3/c1-11(20(26)27)12(2)21-19(25)15-10-16(14-8-6-5-7-9-14)22-18-17(15)13(3)23-24(18)4/h5-12H,1-4H3,(H,21,25)(H,26,27). The van der Waals surface area contributed by atoms with Gasteiger partial charge in [0.25, 0.3) is 5.91 Å². The second-order valence-electron chi connectivity index (χ2n) is 6.72. The number of carboxylic acid groups (broad SMARTS) is 1. The second kappa shape index (κ2) is 7.19. The molecule has 27 heavy (non-hydrogen) atoms. The molecule has 0 aliphatic carbocycles. The van der Waals surface area contributed by atoms with Gasteiger partial charge >= 0.3 is 5.97 Å². The van der Waals surface area contributed by atoms with Gasteiger partial charge in [-0.1, -0.05) is 30.3 Å². The molecule has 7 nitrogen and oxygen atoms in total. The average molecular weight is 366 g/mol. The zero-order chi connectivity index (χ0) is 19.7. The van der Waals surface area contributed by atoms with Crippen LogP contribution < -0.4 is 5.32 Å². The van der Waals surface area contributed by atoms with Crippen LogP contribution in [0.2, 0.25) is 0 Å². The van der Waals surface area contributed by atoms with Crippen LogP contribution in [0, 0.1) is 12.8 Å². The highest BCUT2D eigenvalue weighted by molar-refractivity contribution is 6.07. The van der Waals surface area contributed by atoms with Gasteiger partial charge < -0.3 is 10.4 Å². The number of hydrogen-bond acceptors (Lipinski definition) is 4. The van der Waals surface area contributed by atoms with E-state index in [4.69, 9.17) is 0 Å². The third-order valence-electron chi connectivity index (χ3n) is 4.78. The highest BCUT2D eigenvalue weighted by Crippen LogP contribution is 2.27. The predicted octanol–water partition coefficient (Wildman–Crippen LogP) is 2.78. The van der Waals surface area contributed by atoms with Gasteiger partial charge in [-0.25, -0.2) is 4.98 Å². The molecule has 2 N–H and O–H groups in total. The molecule has 0 spiro atoms. The molecule has 2 atom stereocenters. The highest BCUT2D eigenvalue weighted by Gasteiger charge is 2.24. The SMILES string of the molecule is Cc1nn(C)c2nc(-c3ccccc3)cc(C(=O)NC(C)C(C)C(=O)O)c12. The zero-order valence-electron chi connectivity index (χ0n) is 15.7. The minimum absolute atomic E-state index is 0.337. The number of fused-ring (bicyclic) bond motifs is 1. The second-order valence-corrected chi connectivity index (χ2v) is 6.72. The lowest BCUT2D eigenvalue weighted by Gasteiger charge is -2.18. The molecule has 0 aliphatic rings. The summed E-state index contributed by atoms with van der Waals surface area (Å²) >= 11 is 0. The number of hydrogen-bond donors (Lipinski definition) is 2. The van der Waals surface area contributed by atoms with Crippen molar-refractivity contribution in [3.05, 3.63) is 47.7 Å². The molecule has 0 fully saturated rings. The predicted molar refractivity (Wildman–Crippen MR) is 102 cm³/mol. The molecule has 0 bridgehead atoms. The summed E-state index contributed by atoms with van der Waals surface area (Å²) in [4.78, 5) is 28.8. The van der Waals surface area contributed by atoms with Gasteiger partial charge in [0.2, 0.25) is 0 Å². The van der Waals surface area contributed by atoms with Crippen LogP contribution in [-0.2, 0) is 11.8 Å². The number of amides is 1. The first-order valence-corrected chi connectivity index (χ1v) is 8.73. The smallest absolute Gasteiger partial charge is 0.308 e. The van der Waals surface area contributed by atoms with Crippen LogP contribution in [-0.4, -0.2) is 37.8 Å². The van der Waals surface area contributed by atoms with Gasteiger partial charge in [-0.05, 0) is 26.8 Å². The van der Waals surface area contributed by atoms with Gasteiger partial charge in [-0.2, -0.15) is 5.10 Å². The van der Waals surface area contributed by atoms with Gasteiger partial charge in [0.15, 0.2) is 5.65 Å². The Labute approximate surface area is 157 Å². The van der Waals surface area contributed by atoms with Crippen molar-refractivity contribution in [2.45, 2.75) is 26.8 Å². The number of aliphatic carboxylic acids is 1. The molecule has 3 rings (SSSR count). The van der Waals surface area contributed by atoms with E-state index in [-0.39, 0.29) is 5.91 Å². The highest BCUT2D eigenvalue weighted by atomic mass is 16.4. The number of aryl methyl sites for hydroxylation is 2. The molecule has 7 heteroatoms. The molecule has 1 amide bonds. The van der Waals surface area contributed by atoms with Crippen LogP contribution in [0.3, 0.4) is 0 Å². The van der Waals surface area contributed by atoms with Gasteiger partial charge in [0, 0.05) is 18.7 Å². The van der Waals surface area contributed by atoms with Crippen LogP contribution in [0.4, 0.5) is 0 Å². The van der Waals surface area contributed by atoms with Gasteiger partial charge in [-0.3, -0.25) is 14.3 Å². The number of carboxylic acids is 1. The van der Waals surface area contributed by atoms with Gasteiger partial charge in [0.05, 0.1) is 28.3 Å². The molecule has 0 saturated heterocycles. The number of nitrogens with zero attached hydrogens (tertiary/aromatic N) is 3. The first-order valence-electron chi connectivity index (χ1n) is 8.73. The Balaban J connectivity index is 2.10. The lowest BCUT2D eigenvalue weighted by Crippen LogP contribution is -2.40. The molecule has 2 aromatic heterocycles. The Kier molecular flexibility index (Phi) is 4.94. The molecule has 2 heterocycles. The maximum absolute atomic E-state index is 13.0. The fraction of sp³-hybridized carbons (Fsp3) is 0.300. The van der Waals surface area contributed by atoms with Crippen LogP contribution >= 0.6 is 0 Å². The van der Waals surface area contributed by atoms with Crippen molar-refractivity contribution >= 4 is 22.9 Å². The lowest BCUT2D eigenvalue weighted by molar-refractivity contribution is -0.141. The van der Waals surface area contributed by atoms with E-state index in [9.17, 15) is 14.7 Å². The quantitative estimate of drug-likeness (QED) is 0.724. The van der Waals surface area contributed by atoms with Crippen LogP contribution in [0.5, 0.6) is 0 Å². The largest absolute Gasteiger partial charge is 0.481 e. The first kappa shape index (κ1) is 18.6. The summed E-state index contributed by atoms with van der Waals surface area (Å²) < 4.78 is 1.65. The Morgan fingerprint density at radius 1 is 1.19 bits per heavy atom. The number of pyridine rings is 1. The van der Waals surface area contributed by atoms with Crippen LogP contribution in [0.25, 0.3) is 22.3 Å². The van der Waals surface area contributed by atoms with E-state index >= 15 is 0 Å².